The molecule has 0 spiro atoms. The molecule has 3 heterocycles. The fourth-order valence-electron chi connectivity index (χ4n) is 3.89. The number of nitrogens with zero attached hydrogens (tertiary/aromatic N) is 5. The van der Waals surface area contributed by atoms with Crippen LogP contribution in [0.2, 0.25) is 0 Å². The minimum absolute atomic E-state index is 0.127. The Kier molecular flexibility index (Phi) is 6.21. The van der Waals surface area contributed by atoms with Crippen LogP contribution >= 0.6 is 11.3 Å². The second-order valence-corrected chi connectivity index (χ2v) is 9.76. The molecular weight excluding hydrogens is 464 g/mol. The maximum absolute atomic E-state index is 13.9. The summed E-state index contributed by atoms with van der Waals surface area (Å²) >= 11 is 1.50. The summed E-state index contributed by atoms with van der Waals surface area (Å²) in [5.74, 6) is 0.897. The second kappa shape index (κ2) is 9.46. The van der Waals surface area contributed by atoms with Crippen LogP contribution in [-0.4, -0.2) is 38.1 Å². The van der Waals surface area contributed by atoms with Gasteiger partial charge in [-0.2, -0.15) is 4.80 Å². The zero-order valence-corrected chi connectivity index (χ0v) is 20.6. The lowest BCUT2D eigenvalue weighted by Gasteiger charge is -2.31. The smallest absolute Gasteiger partial charge is 0.251 e. The SMILES string of the molecule is Cc1ccc(C)c(N(C(=O)Cn2nnc(-c3cccs3)n2)[C@@H](C(=O)NC2CC2)c2ccc(C)o2)c1. The first kappa shape index (κ1) is 23.0. The minimum Gasteiger partial charge on any atom is -0.464 e. The minimum atomic E-state index is -0.974. The van der Waals surface area contributed by atoms with Gasteiger partial charge in [-0.3, -0.25) is 14.5 Å². The lowest BCUT2D eigenvalue weighted by atomic mass is 10.1. The number of aryl methyl sites for hydroxylation is 3. The van der Waals surface area contributed by atoms with Crippen molar-refractivity contribution in [2.75, 3.05) is 4.90 Å². The maximum atomic E-state index is 13.9. The van der Waals surface area contributed by atoms with E-state index in [9.17, 15) is 9.59 Å². The summed E-state index contributed by atoms with van der Waals surface area (Å²) in [6.07, 6.45) is 1.86. The molecule has 1 aliphatic rings. The third-order valence-electron chi connectivity index (χ3n) is 5.82. The topological polar surface area (TPSA) is 106 Å². The Morgan fingerprint density at radius 3 is 2.71 bits per heavy atom. The zero-order valence-electron chi connectivity index (χ0n) is 19.8. The Morgan fingerprint density at radius 2 is 2.03 bits per heavy atom. The van der Waals surface area contributed by atoms with E-state index in [-0.39, 0.29) is 24.4 Å². The summed E-state index contributed by atoms with van der Waals surface area (Å²) in [4.78, 5) is 31.0. The second-order valence-electron chi connectivity index (χ2n) is 8.81. The van der Waals surface area contributed by atoms with Crippen molar-refractivity contribution in [2.45, 2.75) is 52.2 Å². The van der Waals surface area contributed by atoms with Crippen LogP contribution in [0.3, 0.4) is 0 Å². The summed E-state index contributed by atoms with van der Waals surface area (Å²) in [6, 6.07) is 12.3. The predicted molar refractivity (Wildman–Crippen MR) is 132 cm³/mol. The monoisotopic (exact) mass is 490 g/mol. The highest BCUT2D eigenvalue weighted by atomic mass is 32.1. The molecule has 1 aliphatic carbocycles. The van der Waals surface area contributed by atoms with Crippen LogP contribution in [0.15, 0.2) is 52.3 Å². The molecule has 1 fully saturated rings. The van der Waals surface area contributed by atoms with Gasteiger partial charge in [0.1, 0.15) is 18.1 Å². The lowest BCUT2D eigenvalue weighted by molar-refractivity contribution is -0.127. The van der Waals surface area contributed by atoms with E-state index < -0.39 is 6.04 Å². The Balaban J connectivity index is 1.54. The number of aromatic nitrogens is 4. The van der Waals surface area contributed by atoms with Crippen molar-refractivity contribution < 1.29 is 14.0 Å². The molecule has 10 heteroatoms. The van der Waals surface area contributed by atoms with Crippen molar-refractivity contribution in [3.63, 3.8) is 0 Å². The third kappa shape index (κ3) is 5.02. The molecule has 0 bridgehead atoms. The van der Waals surface area contributed by atoms with Gasteiger partial charge in [-0.15, -0.1) is 21.5 Å². The molecule has 1 aromatic carbocycles. The Morgan fingerprint density at radius 1 is 1.20 bits per heavy atom. The van der Waals surface area contributed by atoms with E-state index >= 15 is 0 Å². The molecule has 1 saturated carbocycles. The summed E-state index contributed by atoms with van der Waals surface area (Å²) < 4.78 is 5.89. The molecule has 9 nitrogen and oxygen atoms in total. The van der Waals surface area contributed by atoms with Crippen molar-refractivity contribution in [3.05, 3.63) is 70.5 Å². The first-order valence-electron chi connectivity index (χ1n) is 11.5. The fraction of sp³-hybridized carbons (Fsp3) is 0.320. The average molecular weight is 491 g/mol. The van der Waals surface area contributed by atoms with Crippen LogP contribution in [0.1, 0.15) is 41.5 Å². The number of hydrogen-bond acceptors (Lipinski definition) is 7. The number of carbonyl (C=O) groups excluding carboxylic acids is 2. The zero-order chi connectivity index (χ0) is 24.5. The molecule has 0 saturated heterocycles. The highest BCUT2D eigenvalue weighted by molar-refractivity contribution is 7.13. The van der Waals surface area contributed by atoms with E-state index in [0.29, 0.717) is 23.0 Å². The number of hydrogen-bond donors (Lipinski definition) is 1. The Bertz CT molecular complexity index is 1360. The molecule has 0 radical (unpaired) electrons. The number of benzene rings is 1. The fourth-order valence-corrected chi connectivity index (χ4v) is 4.54. The number of amides is 2. The van der Waals surface area contributed by atoms with Gasteiger partial charge in [-0.25, -0.2) is 0 Å². The lowest BCUT2D eigenvalue weighted by Crippen LogP contribution is -2.46. The third-order valence-corrected chi connectivity index (χ3v) is 6.69. The van der Waals surface area contributed by atoms with E-state index in [0.717, 1.165) is 28.8 Å². The molecule has 3 aromatic heterocycles. The molecule has 1 N–H and O–H groups in total. The van der Waals surface area contributed by atoms with Crippen LogP contribution in [0.4, 0.5) is 5.69 Å². The first-order valence-corrected chi connectivity index (χ1v) is 12.3. The van der Waals surface area contributed by atoms with Gasteiger partial charge in [0.15, 0.2) is 6.04 Å². The van der Waals surface area contributed by atoms with Crippen LogP contribution < -0.4 is 10.2 Å². The quantitative estimate of drug-likeness (QED) is 0.401. The largest absolute Gasteiger partial charge is 0.464 e. The van der Waals surface area contributed by atoms with Crippen LogP contribution in [-0.2, 0) is 16.1 Å². The molecular formula is C25H26N6O3S. The Hall–Kier alpha value is -3.79. The summed E-state index contributed by atoms with van der Waals surface area (Å²) in [7, 11) is 0. The predicted octanol–water partition coefficient (Wildman–Crippen LogP) is 3.97. The van der Waals surface area contributed by atoms with E-state index in [4.69, 9.17) is 4.42 Å². The van der Waals surface area contributed by atoms with E-state index in [1.54, 1.807) is 12.1 Å². The summed E-state index contributed by atoms with van der Waals surface area (Å²) in [5, 5.41) is 17.5. The highest BCUT2D eigenvalue weighted by Gasteiger charge is 2.38. The van der Waals surface area contributed by atoms with Gasteiger partial charge in [0.05, 0.1) is 4.88 Å². The van der Waals surface area contributed by atoms with Crippen LogP contribution in [0.25, 0.3) is 10.7 Å². The number of carbonyl (C=O) groups is 2. The molecule has 5 rings (SSSR count). The van der Waals surface area contributed by atoms with E-state index in [1.165, 1.54) is 21.0 Å². The van der Waals surface area contributed by atoms with Crippen molar-refractivity contribution >= 4 is 28.8 Å². The maximum Gasteiger partial charge on any atom is 0.251 e. The number of thiophene rings is 1. The number of furan rings is 1. The first-order chi connectivity index (χ1) is 16.9. The normalized spacial score (nSPS) is 14.0. The van der Waals surface area contributed by atoms with E-state index in [2.05, 4.69) is 20.7 Å². The van der Waals surface area contributed by atoms with Crippen molar-refractivity contribution in [2.24, 2.45) is 0 Å². The molecule has 180 valence electrons. The molecule has 35 heavy (non-hydrogen) atoms. The van der Waals surface area contributed by atoms with Gasteiger partial charge >= 0.3 is 0 Å². The van der Waals surface area contributed by atoms with Gasteiger partial charge in [-0.05, 0) is 79.6 Å². The molecule has 1 atom stereocenters. The van der Waals surface area contributed by atoms with E-state index in [1.807, 2.05) is 56.5 Å². The van der Waals surface area contributed by atoms with Crippen molar-refractivity contribution in [1.29, 1.82) is 0 Å². The van der Waals surface area contributed by atoms with Gasteiger partial charge in [0.2, 0.25) is 5.82 Å². The van der Waals surface area contributed by atoms with Gasteiger partial charge in [-0.1, -0.05) is 18.2 Å². The van der Waals surface area contributed by atoms with Gasteiger partial charge in [0, 0.05) is 11.7 Å². The highest BCUT2D eigenvalue weighted by Crippen LogP contribution is 2.33. The molecule has 2 amide bonds. The van der Waals surface area contributed by atoms with Crippen molar-refractivity contribution in [3.8, 4) is 10.7 Å². The average Bonchev–Trinajstić information content (AvgIpc) is 3.22. The summed E-state index contributed by atoms with van der Waals surface area (Å²) in [5.41, 5.74) is 2.47. The van der Waals surface area contributed by atoms with Crippen LogP contribution in [0, 0.1) is 20.8 Å². The molecule has 0 aliphatic heterocycles. The standard InChI is InChI=1S/C25H26N6O3S/c1-15-6-7-16(2)19(13-15)31(22(32)14-30-28-24(27-29-30)21-5-4-12-35-21)23(20-11-8-17(3)34-20)25(33)26-18-9-10-18/h4-8,11-13,18,23H,9-10,14H2,1-3H3,(H,26,33)/t23-/m1/s1. The molecule has 0 unspecified atom stereocenters. The number of nitrogens with one attached hydrogen (secondary N) is 1. The number of rotatable bonds is 8. The van der Waals surface area contributed by atoms with Crippen LogP contribution in [0.5, 0.6) is 0 Å². The van der Waals surface area contributed by atoms with Gasteiger partial charge < -0.3 is 9.73 Å². The molecule has 4 aromatic rings. The Labute approximate surface area is 206 Å². The van der Waals surface area contributed by atoms with Crippen molar-refractivity contribution in [1.82, 2.24) is 25.5 Å². The van der Waals surface area contributed by atoms with Gasteiger partial charge in [0.25, 0.3) is 11.8 Å². The number of anilines is 1. The summed E-state index contributed by atoms with van der Waals surface area (Å²) in [6.45, 7) is 5.50. The number of tetrazole rings is 1.